The van der Waals surface area contributed by atoms with Crippen molar-refractivity contribution in [1.29, 1.82) is 0 Å². The van der Waals surface area contributed by atoms with Crippen LogP contribution >= 0.6 is 0 Å². The molecule has 0 saturated heterocycles. The summed E-state index contributed by atoms with van der Waals surface area (Å²) in [6, 6.07) is 11.4. The van der Waals surface area contributed by atoms with Crippen molar-refractivity contribution < 1.29 is 26.7 Å². The zero-order chi connectivity index (χ0) is 15.6. The second kappa shape index (κ2) is 19.5. The first-order chi connectivity index (χ1) is 9.46. The Morgan fingerprint density at radius 3 is 0.810 bits per heavy atom. The molecule has 2 aromatic heterocycles. The van der Waals surface area contributed by atoms with Crippen molar-refractivity contribution in [3.63, 3.8) is 0 Å². The molecule has 0 aliphatic heterocycles. The molecule has 0 aliphatic carbocycles. The van der Waals surface area contributed by atoms with Crippen LogP contribution < -0.4 is 0 Å². The molecular weight excluding hydrogens is 331 g/mol. The Hall–Kier alpha value is -2.81. The molecule has 11 heteroatoms. The predicted octanol–water partition coefficient (Wildman–Crippen LogP) is 1.68. The van der Waals surface area contributed by atoms with Crippen LogP contribution in [0.25, 0.3) is 0 Å². The van der Waals surface area contributed by atoms with Gasteiger partial charge in [-0.05, 0) is 24.3 Å². The van der Waals surface area contributed by atoms with Gasteiger partial charge in [-0.1, -0.05) is 12.1 Å². The molecule has 116 valence electrons. The molecule has 0 unspecified atom stereocenters. The Kier molecular flexibility index (Phi) is 21.7. The van der Waals surface area contributed by atoms with Gasteiger partial charge < -0.3 is 30.6 Å². The second-order valence-corrected chi connectivity index (χ2v) is 2.50. The van der Waals surface area contributed by atoms with Gasteiger partial charge in [0.1, 0.15) is 0 Å². The number of hydrogen-bond acceptors (Lipinski definition) is 8. The van der Waals surface area contributed by atoms with Gasteiger partial charge in [-0.25, -0.2) is 0 Å². The predicted molar refractivity (Wildman–Crippen MR) is 69.2 cm³/mol. The molecule has 2 heterocycles. The minimum atomic E-state index is -1.75. The van der Waals surface area contributed by atoms with E-state index in [4.69, 9.17) is 30.6 Å². The van der Waals surface area contributed by atoms with E-state index >= 15 is 0 Å². The van der Waals surface area contributed by atoms with E-state index in [9.17, 15) is 0 Å². The van der Waals surface area contributed by atoms with E-state index in [-0.39, 0.29) is 16.5 Å². The van der Waals surface area contributed by atoms with Crippen LogP contribution in [0.3, 0.4) is 0 Å². The first kappa shape index (κ1) is 23.3. The number of pyridine rings is 2. The maximum absolute atomic E-state index is 8.25. The molecule has 0 radical (unpaired) electrons. The molecule has 0 fully saturated rings. The van der Waals surface area contributed by atoms with Gasteiger partial charge in [0.2, 0.25) is 0 Å². The van der Waals surface area contributed by atoms with E-state index in [2.05, 4.69) is 9.97 Å². The van der Waals surface area contributed by atoms with E-state index in [0.717, 1.165) is 0 Å². The quantitative estimate of drug-likeness (QED) is 0.397. The van der Waals surface area contributed by atoms with Gasteiger partial charge in [-0.15, -0.1) is 0 Å². The average molecular weight is 341 g/mol. The van der Waals surface area contributed by atoms with Crippen LogP contribution in [0.2, 0.25) is 0 Å². The van der Waals surface area contributed by atoms with E-state index in [1.165, 1.54) is 0 Å². The molecule has 2 aromatic rings. The molecule has 0 aliphatic rings. The van der Waals surface area contributed by atoms with Gasteiger partial charge in [-0.3, -0.25) is 9.97 Å². The van der Waals surface area contributed by atoms with Crippen molar-refractivity contribution in [2.45, 2.75) is 0 Å². The van der Waals surface area contributed by atoms with Gasteiger partial charge in [0.25, 0.3) is 0 Å². The van der Waals surface area contributed by atoms with Crippen molar-refractivity contribution in [1.82, 2.24) is 9.97 Å². The van der Waals surface area contributed by atoms with Crippen LogP contribution in [0.15, 0.2) is 61.2 Å². The maximum atomic E-state index is 8.25. The van der Waals surface area contributed by atoms with E-state index in [0.29, 0.717) is 0 Å². The van der Waals surface area contributed by atoms with Crippen LogP contribution in [0.5, 0.6) is 0 Å². The summed E-state index contributed by atoms with van der Waals surface area (Å²) in [7, 11) is 0. The Balaban J connectivity index is -0.000000208. The first-order valence-electron chi connectivity index (χ1n) is 4.79. The molecule has 10 nitrogen and oxygen atoms in total. The second-order valence-electron chi connectivity index (χ2n) is 2.50. The number of aromatic nitrogens is 2. The van der Waals surface area contributed by atoms with Gasteiger partial charge in [0, 0.05) is 24.8 Å². The molecule has 0 spiro atoms. The molecule has 0 N–H and O–H groups in total. The Labute approximate surface area is 129 Å². The SMILES string of the molecule is O=[N+]([O-])[O-].O=[N+]([O-])[O-].[Ni+2].c1ccncc1.c1ccncc1. The van der Waals surface area contributed by atoms with Gasteiger partial charge in [0.05, 0.1) is 10.2 Å². The summed E-state index contributed by atoms with van der Waals surface area (Å²) in [5.41, 5.74) is 0. The normalized spacial score (nSPS) is 6.86. The summed E-state index contributed by atoms with van der Waals surface area (Å²) >= 11 is 0. The van der Waals surface area contributed by atoms with Crippen molar-refractivity contribution in [2.75, 3.05) is 0 Å². The summed E-state index contributed by atoms with van der Waals surface area (Å²) in [5.74, 6) is 0. The largest absolute Gasteiger partial charge is 2.00 e. The van der Waals surface area contributed by atoms with E-state index in [1.807, 2.05) is 36.4 Å². The Morgan fingerprint density at radius 2 is 0.762 bits per heavy atom. The van der Waals surface area contributed by atoms with E-state index in [1.54, 1.807) is 24.8 Å². The molecule has 0 atom stereocenters. The monoisotopic (exact) mass is 340 g/mol. The van der Waals surface area contributed by atoms with Crippen molar-refractivity contribution in [3.8, 4) is 0 Å². The number of nitrogens with zero attached hydrogens (tertiary/aromatic N) is 4. The van der Waals surface area contributed by atoms with Crippen molar-refractivity contribution in [3.05, 3.63) is 91.8 Å². The zero-order valence-electron chi connectivity index (χ0n) is 10.3. The Bertz CT molecular complexity index is 343. The van der Waals surface area contributed by atoms with Crippen molar-refractivity contribution in [2.24, 2.45) is 0 Å². The molecule has 0 bridgehead atoms. The van der Waals surface area contributed by atoms with Gasteiger partial charge >= 0.3 is 16.5 Å². The summed E-state index contributed by atoms with van der Waals surface area (Å²) in [6.07, 6.45) is 7.00. The average Bonchev–Trinajstić information content (AvgIpc) is 2.42. The fraction of sp³-hybridized carbons (Fsp3) is 0. The molecule has 0 saturated carbocycles. The minimum Gasteiger partial charge on any atom is -0.356 e. The summed E-state index contributed by atoms with van der Waals surface area (Å²) in [5, 5.41) is 29.5. The first-order valence-corrected chi connectivity index (χ1v) is 4.79. The smallest absolute Gasteiger partial charge is 0.356 e. The molecular formula is C10H10N4NiO6. The third-order valence-corrected chi connectivity index (χ3v) is 1.13. The molecule has 21 heavy (non-hydrogen) atoms. The maximum Gasteiger partial charge on any atom is 2.00 e. The molecule has 0 aromatic carbocycles. The standard InChI is InChI=1S/2C5H5N.2NO3.Ni/c2*1-2-4-6-5-3-1;2*2-1(3)4;/h2*1-5H;;;/q;;2*-1;+2. The molecule has 2 rings (SSSR count). The van der Waals surface area contributed by atoms with Gasteiger partial charge in [0.15, 0.2) is 0 Å². The summed E-state index contributed by atoms with van der Waals surface area (Å²) < 4.78 is 0. The summed E-state index contributed by atoms with van der Waals surface area (Å²) in [4.78, 5) is 24.1. The summed E-state index contributed by atoms with van der Waals surface area (Å²) in [6.45, 7) is 0. The van der Waals surface area contributed by atoms with Crippen LogP contribution in [0, 0.1) is 30.6 Å². The topological polar surface area (TPSA) is 158 Å². The zero-order valence-corrected chi connectivity index (χ0v) is 11.3. The number of rotatable bonds is 0. The van der Waals surface area contributed by atoms with E-state index < -0.39 is 10.2 Å². The van der Waals surface area contributed by atoms with Crippen LogP contribution in [-0.2, 0) is 16.5 Å². The van der Waals surface area contributed by atoms with Crippen LogP contribution in [0.1, 0.15) is 0 Å². The molecule has 0 amide bonds. The fourth-order valence-corrected chi connectivity index (χ4v) is 0.625. The Morgan fingerprint density at radius 1 is 0.571 bits per heavy atom. The van der Waals surface area contributed by atoms with Gasteiger partial charge in [-0.2, -0.15) is 0 Å². The third-order valence-electron chi connectivity index (χ3n) is 1.13. The van der Waals surface area contributed by atoms with Crippen molar-refractivity contribution >= 4 is 0 Å². The number of hydrogen-bond donors (Lipinski definition) is 0. The van der Waals surface area contributed by atoms with Crippen LogP contribution in [-0.4, -0.2) is 20.1 Å². The fourth-order valence-electron chi connectivity index (χ4n) is 0.625. The third kappa shape index (κ3) is 47.0. The van der Waals surface area contributed by atoms with Crippen LogP contribution in [0.4, 0.5) is 0 Å². The minimum absolute atomic E-state index is 0.